The molecule has 1 N–H and O–H groups in total. The number of para-hydroxylation sites is 1. The number of piperazine rings is 1. The van der Waals surface area contributed by atoms with Crippen LogP contribution in [0.1, 0.15) is 10.4 Å². The summed E-state index contributed by atoms with van der Waals surface area (Å²) in [7, 11) is 2.02. The maximum Gasteiger partial charge on any atom is 0.341 e. The maximum atomic E-state index is 14.9. The van der Waals surface area contributed by atoms with E-state index in [1.54, 1.807) is 10.6 Å². The number of benzene rings is 2. The van der Waals surface area contributed by atoms with E-state index in [2.05, 4.69) is 4.90 Å². The van der Waals surface area contributed by atoms with Gasteiger partial charge in [-0.1, -0.05) is 18.2 Å². The van der Waals surface area contributed by atoms with Gasteiger partial charge in [-0.2, -0.15) is 0 Å². The molecule has 0 radical (unpaired) electrons. The van der Waals surface area contributed by atoms with Gasteiger partial charge in [0.2, 0.25) is 5.43 Å². The van der Waals surface area contributed by atoms with Crippen LogP contribution in [0.15, 0.2) is 53.5 Å². The number of carboxylic acids is 1. The first kappa shape index (κ1) is 18.2. The summed E-state index contributed by atoms with van der Waals surface area (Å²) in [5.41, 5.74) is 0.539. The Labute approximate surface area is 161 Å². The molecule has 0 atom stereocenters. The second-order valence-corrected chi connectivity index (χ2v) is 6.99. The molecule has 1 fully saturated rings. The Balaban J connectivity index is 1.98. The van der Waals surface area contributed by atoms with Gasteiger partial charge in [0.25, 0.3) is 0 Å². The van der Waals surface area contributed by atoms with Crippen LogP contribution >= 0.6 is 0 Å². The number of hydrogen-bond acceptors (Lipinski definition) is 4. The quantitative estimate of drug-likeness (QED) is 0.756. The molecule has 144 valence electrons. The number of aromatic carboxylic acids is 1. The summed E-state index contributed by atoms with van der Waals surface area (Å²) < 4.78 is 16.5. The molecular weight excluding hydrogens is 361 g/mol. The smallest absolute Gasteiger partial charge is 0.341 e. The lowest BCUT2D eigenvalue weighted by Gasteiger charge is -2.34. The number of aromatic nitrogens is 1. The molecule has 0 unspecified atom stereocenters. The maximum absolute atomic E-state index is 14.9. The van der Waals surface area contributed by atoms with E-state index in [1.165, 1.54) is 6.20 Å². The van der Waals surface area contributed by atoms with Gasteiger partial charge in [-0.15, -0.1) is 0 Å². The number of likely N-dealkylation sites (N-methyl/N-ethyl adjacent to an activating group) is 1. The Morgan fingerprint density at radius 1 is 1.07 bits per heavy atom. The van der Waals surface area contributed by atoms with Gasteiger partial charge in [-0.25, -0.2) is 9.18 Å². The van der Waals surface area contributed by atoms with E-state index in [1.807, 2.05) is 42.3 Å². The molecule has 2 aromatic carbocycles. The molecule has 0 bridgehead atoms. The minimum absolute atomic E-state index is 0.0548. The number of fused-ring (bicyclic) bond motifs is 1. The molecule has 6 nitrogen and oxygen atoms in total. The van der Waals surface area contributed by atoms with Crippen LogP contribution in [0.2, 0.25) is 0 Å². The zero-order valence-corrected chi connectivity index (χ0v) is 15.4. The van der Waals surface area contributed by atoms with Crippen molar-refractivity contribution in [2.75, 3.05) is 38.1 Å². The highest BCUT2D eigenvalue weighted by atomic mass is 19.1. The highest BCUT2D eigenvalue weighted by Crippen LogP contribution is 2.27. The van der Waals surface area contributed by atoms with Crippen molar-refractivity contribution in [3.05, 3.63) is 70.3 Å². The van der Waals surface area contributed by atoms with Crippen LogP contribution in [-0.4, -0.2) is 53.8 Å². The van der Waals surface area contributed by atoms with Crippen LogP contribution in [-0.2, 0) is 0 Å². The second-order valence-electron chi connectivity index (χ2n) is 6.99. The van der Waals surface area contributed by atoms with Crippen LogP contribution in [0.4, 0.5) is 10.1 Å². The number of rotatable bonds is 3. The number of carboxylic acid groups (broad SMARTS) is 1. The summed E-state index contributed by atoms with van der Waals surface area (Å²) in [5, 5.41) is 9.48. The normalized spacial score (nSPS) is 15.1. The predicted molar refractivity (Wildman–Crippen MR) is 106 cm³/mol. The third kappa shape index (κ3) is 3.14. The summed E-state index contributed by atoms with van der Waals surface area (Å²) in [5.74, 6) is -1.85. The Hall–Kier alpha value is -3.19. The average Bonchev–Trinajstić information content (AvgIpc) is 2.69. The zero-order chi connectivity index (χ0) is 19.8. The van der Waals surface area contributed by atoms with E-state index in [4.69, 9.17) is 0 Å². The molecule has 2 heterocycles. The third-order valence-electron chi connectivity index (χ3n) is 5.18. The molecular formula is C21H20FN3O3. The first-order valence-electron chi connectivity index (χ1n) is 9.07. The molecule has 0 spiro atoms. The van der Waals surface area contributed by atoms with Crippen LogP contribution in [0.5, 0.6) is 0 Å². The number of hydrogen-bond donors (Lipinski definition) is 1. The molecule has 4 rings (SSSR count). The van der Waals surface area contributed by atoms with Gasteiger partial charge in [-0.05, 0) is 31.3 Å². The summed E-state index contributed by atoms with van der Waals surface area (Å²) in [4.78, 5) is 28.3. The lowest BCUT2D eigenvalue weighted by Crippen LogP contribution is -2.44. The minimum Gasteiger partial charge on any atom is -0.477 e. The number of pyridine rings is 1. The van der Waals surface area contributed by atoms with Crippen molar-refractivity contribution in [2.45, 2.75) is 0 Å². The molecule has 1 aliphatic rings. The van der Waals surface area contributed by atoms with E-state index in [-0.39, 0.29) is 10.9 Å². The molecule has 1 aromatic heterocycles. The number of carbonyl (C=O) groups is 1. The van der Waals surface area contributed by atoms with Gasteiger partial charge >= 0.3 is 5.97 Å². The Kier molecular flexibility index (Phi) is 4.60. The second kappa shape index (κ2) is 7.09. The largest absolute Gasteiger partial charge is 0.477 e. The third-order valence-corrected chi connectivity index (χ3v) is 5.18. The van der Waals surface area contributed by atoms with Crippen molar-refractivity contribution in [1.82, 2.24) is 9.47 Å². The first-order valence-corrected chi connectivity index (χ1v) is 9.07. The van der Waals surface area contributed by atoms with Crippen LogP contribution in [0.3, 0.4) is 0 Å². The van der Waals surface area contributed by atoms with Gasteiger partial charge in [0.15, 0.2) is 0 Å². The topological polar surface area (TPSA) is 65.8 Å². The number of nitrogens with zero attached hydrogens (tertiary/aromatic N) is 3. The summed E-state index contributed by atoms with van der Waals surface area (Å²) in [6.45, 7) is 3.01. The first-order chi connectivity index (χ1) is 13.5. The van der Waals surface area contributed by atoms with Crippen LogP contribution in [0, 0.1) is 5.82 Å². The molecule has 1 aliphatic heterocycles. The van der Waals surface area contributed by atoms with Crippen molar-refractivity contribution in [2.24, 2.45) is 0 Å². The van der Waals surface area contributed by atoms with Crippen molar-refractivity contribution < 1.29 is 14.3 Å². The van der Waals surface area contributed by atoms with Gasteiger partial charge in [0.05, 0.1) is 11.2 Å². The number of halogens is 1. The fraction of sp³-hybridized carbons (Fsp3) is 0.238. The lowest BCUT2D eigenvalue weighted by atomic mass is 10.1. The Morgan fingerprint density at radius 3 is 2.39 bits per heavy atom. The monoisotopic (exact) mass is 381 g/mol. The lowest BCUT2D eigenvalue weighted by molar-refractivity contribution is 0.0695. The average molecular weight is 381 g/mol. The SMILES string of the molecule is CN1CCN(c2cc3c(cc2F)c(=O)c(C(=O)O)cn3-c2ccccc2)CC1. The molecule has 7 heteroatoms. The predicted octanol–water partition coefficient (Wildman–Crippen LogP) is 2.58. The molecule has 0 saturated carbocycles. The number of anilines is 1. The molecule has 1 saturated heterocycles. The van der Waals surface area contributed by atoms with E-state index in [0.717, 1.165) is 19.2 Å². The summed E-state index contributed by atoms with van der Waals surface area (Å²) in [6.07, 6.45) is 1.31. The summed E-state index contributed by atoms with van der Waals surface area (Å²) >= 11 is 0. The van der Waals surface area contributed by atoms with Gasteiger partial charge in [0, 0.05) is 43.4 Å². The fourth-order valence-electron chi connectivity index (χ4n) is 3.58. The highest BCUT2D eigenvalue weighted by molar-refractivity contribution is 5.94. The van der Waals surface area contributed by atoms with Crippen molar-refractivity contribution >= 4 is 22.6 Å². The standard InChI is InChI=1S/C21H20FN3O3/c1-23-7-9-24(10-8-23)19-12-18-15(11-17(19)22)20(26)16(21(27)28)13-25(18)14-5-3-2-4-6-14/h2-6,11-13H,7-10H2,1H3,(H,27,28). The van der Waals surface area contributed by atoms with Crippen LogP contribution < -0.4 is 10.3 Å². The van der Waals surface area contributed by atoms with Crippen molar-refractivity contribution in [3.8, 4) is 5.69 Å². The highest BCUT2D eigenvalue weighted by Gasteiger charge is 2.21. The molecule has 0 aliphatic carbocycles. The van der Waals surface area contributed by atoms with Crippen molar-refractivity contribution in [3.63, 3.8) is 0 Å². The van der Waals surface area contributed by atoms with E-state index in [9.17, 15) is 19.1 Å². The van der Waals surface area contributed by atoms with Gasteiger partial charge in [0.1, 0.15) is 11.4 Å². The van der Waals surface area contributed by atoms with Gasteiger partial charge in [-0.3, -0.25) is 4.79 Å². The molecule has 3 aromatic rings. The Bertz CT molecular complexity index is 1100. The van der Waals surface area contributed by atoms with E-state index in [0.29, 0.717) is 30.0 Å². The molecule has 28 heavy (non-hydrogen) atoms. The van der Waals surface area contributed by atoms with Gasteiger partial charge < -0.3 is 19.5 Å². The zero-order valence-electron chi connectivity index (χ0n) is 15.4. The Morgan fingerprint density at radius 2 is 1.75 bits per heavy atom. The van der Waals surface area contributed by atoms with Crippen molar-refractivity contribution in [1.29, 1.82) is 0 Å². The van der Waals surface area contributed by atoms with Crippen LogP contribution in [0.25, 0.3) is 16.6 Å². The summed E-state index contributed by atoms with van der Waals surface area (Å²) in [6, 6.07) is 11.9. The fourth-order valence-corrected chi connectivity index (χ4v) is 3.58. The minimum atomic E-state index is -1.33. The molecule has 0 amide bonds. The van der Waals surface area contributed by atoms with E-state index >= 15 is 0 Å². The van der Waals surface area contributed by atoms with E-state index < -0.39 is 17.2 Å².